The molecule has 0 unspecified atom stereocenters. The summed E-state index contributed by atoms with van der Waals surface area (Å²) in [5.41, 5.74) is 1.84. The lowest BCUT2D eigenvalue weighted by Gasteiger charge is -2.29. The summed E-state index contributed by atoms with van der Waals surface area (Å²) in [4.78, 5) is 39.8. The monoisotopic (exact) mass is 420 g/mol. The molecule has 0 spiro atoms. The summed E-state index contributed by atoms with van der Waals surface area (Å²) < 4.78 is 0. The number of rotatable bonds is 5. The van der Waals surface area contributed by atoms with Gasteiger partial charge in [0.2, 0.25) is 0 Å². The van der Waals surface area contributed by atoms with Crippen molar-refractivity contribution in [1.82, 2.24) is 10.2 Å². The van der Waals surface area contributed by atoms with E-state index in [0.29, 0.717) is 23.2 Å². The van der Waals surface area contributed by atoms with E-state index in [9.17, 15) is 19.5 Å². The second kappa shape index (κ2) is 8.27. The topological polar surface area (TPSA) is 86.7 Å². The molecule has 0 atom stereocenters. The molecular formula is C25H28N2O4. The molecule has 1 fully saturated rings. The molecular weight excluding hydrogens is 392 g/mol. The molecule has 0 saturated heterocycles. The fourth-order valence-corrected chi connectivity index (χ4v) is 4.39. The Morgan fingerprint density at radius 1 is 1.00 bits per heavy atom. The molecule has 0 aromatic heterocycles. The van der Waals surface area contributed by atoms with Crippen LogP contribution < -0.4 is 5.32 Å². The fourth-order valence-electron chi connectivity index (χ4n) is 4.39. The van der Waals surface area contributed by atoms with Gasteiger partial charge >= 0.3 is 0 Å². The van der Waals surface area contributed by atoms with Crippen molar-refractivity contribution in [3.05, 3.63) is 70.3 Å². The van der Waals surface area contributed by atoms with Crippen LogP contribution in [0.3, 0.4) is 0 Å². The fraction of sp³-hybridized carbons (Fsp3) is 0.400. The van der Waals surface area contributed by atoms with E-state index in [1.165, 1.54) is 11.0 Å². The molecule has 1 aliphatic carbocycles. The first-order chi connectivity index (χ1) is 14.8. The summed E-state index contributed by atoms with van der Waals surface area (Å²) in [6.07, 6.45) is 4.91. The lowest BCUT2D eigenvalue weighted by atomic mass is 9.94. The number of carbonyl (C=O) groups is 3. The van der Waals surface area contributed by atoms with Gasteiger partial charge in [-0.2, -0.15) is 0 Å². The molecule has 2 aromatic carbocycles. The van der Waals surface area contributed by atoms with Crippen molar-refractivity contribution in [3.63, 3.8) is 0 Å². The van der Waals surface area contributed by atoms with E-state index in [1.54, 1.807) is 26.0 Å². The van der Waals surface area contributed by atoms with E-state index in [4.69, 9.17) is 0 Å². The van der Waals surface area contributed by atoms with Crippen molar-refractivity contribution < 1.29 is 19.5 Å². The predicted octanol–water partition coefficient (Wildman–Crippen LogP) is 3.77. The lowest BCUT2D eigenvalue weighted by Crippen LogP contribution is -2.40. The number of carbonyl (C=O) groups excluding carboxylic acids is 3. The van der Waals surface area contributed by atoms with Crippen LogP contribution >= 0.6 is 0 Å². The number of fused-ring (bicyclic) bond motifs is 1. The maximum atomic E-state index is 12.9. The van der Waals surface area contributed by atoms with Gasteiger partial charge in [0.25, 0.3) is 17.7 Å². The Morgan fingerprint density at radius 2 is 1.65 bits per heavy atom. The predicted molar refractivity (Wildman–Crippen MR) is 117 cm³/mol. The minimum absolute atomic E-state index is 0.0368. The molecule has 2 N–H and O–H groups in total. The Bertz CT molecular complexity index is 1010. The normalized spacial score (nSPS) is 17.1. The van der Waals surface area contributed by atoms with Crippen LogP contribution in [0.1, 0.15) is 88.2 Å². The van der Waals surface area contributed by atoms with E-state index in [-0.39, 0.29) is 23.8 Å². The van der Waals surface area contributed by atoms with Crippen LogP contribution in [0.15, 0.2) is 42.5 Å². The van der Waals surface area contributed by atoms with Crippen LogP contribution in [-0.4, -0.2) is 33.8 Å². The SMILES string of the molecule is CC(C)(O)c1ccc(CNC(=O)c2ccc3c(c2)C(=O)N(C2CCCCC2)C3=O)cc1. The maximum Gasteiger partial charge on any atom is 0.261 e. The average Bonchev–Trinajstić information content (AvgIpc) is 3.02. The van der Waals surface area contributed by atoms with Gasteiger partial charge in [-0.05, 0) is 56.0 Å². The van der Waals surface area contributed by atoms with Crippen LogP contribution in [0.5, 0.6) is 0 Å². The summed E-state index contributed by atoms with van der Waals surface area (Å²) in [5, 5.41) is 12.9. The standard InChI is InChI=1S/C25H28N2O4/c1-25(2,31)18-11-8-16(9-12-18)15-26-22(28)17-10-13-20-21(14-17)24(30)27(23(20)29)19-6-4-3-5-7-19/h8-14,19,31H,3-7,15H2,1-2H3,(H,26,28). The van der Waals surface area contributed by atoms with E-state index in [2.05, 4.69) is 5.32 Å². The Morgan fingerprint density at radius 3 is 2.29 bits per heavy atom. The highest BCUT2D eigenvalue weighted by molar-refractivity contribution is 6.22. The molecule has 1 saturated carbocycles. The summed E-state index contributed by atoms with van der Waals surface area (Å²) >= 11 is 0. The summed E-state index contributed by atoms with van der Waals surface area (Å²) in [7, 11) is 0. The van der Waals surface area contributed by atoms with Gasteiger partial charge in [0.05, 0.1) is 16.7 Å². The molecule has 3 amide bonds. The second-order valence-electron chi connectivity index (χ2n) is 8.97. The van der Waals surface area contributed by atoms with Gasteiger partial charge in [-0.15, -0.1) is 0 Å². The van der Waals surface area contributed by atoms with Gasteiger partial charge in [0, 0.05) is 18.2 Å². The third-order valence-electron chi connectivity index (χ3n) is 6.23. The van der Waals surface area contributed by atoms with Gasteiger partial charge in [-0.1, -0.05) is 43.5 Å². The van der Waals surface area contributed by atoms with Crippen molar-refractivity contribution in [2.45, 2.75) is 64.1 Å². The Labute approximate surface area is 182 Å². The highest BCUT2D eigenvalue weighted by Crippen LogP contribution is 2.31. The number of imide groups is 1. The molecule has 1 aliphatic heterocycles. The minimum atomic E-state index is -0.915. The number of nitrogens with zero attached hydrogens (tertiary/aromatic N) is 1. The first kappa shape index (κ1) is 21.2. The molecule has 162 valence electrons. The number of aliphatic hydroxyl groups is 1. The number of hydrogen-bond acceptors (Lipinski definition) is 4. The van der Waals surface area contributed by atoms with Crippen LogP contribution in [0.25, 0.3) is 0 Å². The summed E-state index contributed by atoms with van der Waals surface area (Å²) in [6, 6.07) is 12.1. The van der Waals surface area contributed by atoms with Crippen molar-refractivity contribution in [2.75, 3.05) is 0 Å². The van der Waals surface area contributed by atoms with Gasteiger partial charge in [-0.3, -0.25) is 19.3 Å². The zero-order chi connectivity index (χ0) is 22.2. The minimum Gasteiger partial charge on any atom is -0.386 e. The average molecular weight is 421 g/mol. The Kier molecular flexibility index (Phi) is 5.67. The van der Waals surface area contributed by atoms with E-state index < -0.39 is 5.60 Å². The Hall–Kier alpha value is -2.99. The van der Waals surface area contributed by atoms with E-state index in [0.717, 1.165) is 43.2 Å². The van der Waals surface area contributed by atoms with Crippen molar-refractivity contribution >= 4 is 17.7 Å². The van der Waals surface area contributed by atoms with Crippen molar-refractivity contribution in [3.8, 4) is 0 Å². The zero-order valence-electron chi connectivity index (χ0n) is 18.0. The van der Waals surface area contributed by atoms with Crippen molar-refractivity contribution in [2.24, 2.45) is 0 Å². The first-order valence-corrected chi connectivity index (χ1v) is 10.9. The summed E-state index contributed by atoms with van der Waals surface area (Å²) in [5.74, 6) is -0.833. The lowest BCUT2D eigenvalue weighted by molar-refractivity contribution is 0.0548. The van der Waals surface area contributed by atoms with Gasteiger partial charge in [0.15, 0.2) is 0 Å². The van der Waals surface area contributed by atoms with Crippen molar-refractivity contribution in [1.29, 1.82) is 0 Å². The highest BCUT2D eigenvalue weighted by Gasteiger charge is 2.40. The van der Waals surface area contributed by atoms with Gasteiger partial charge in [-0.25, -0.2) is 0 Å². The molecule has 0 radical (unpaired) electrons. The van der Waals surface area contributed by atoms with Gasteiger partial charge < -0.3 is 10.4 Å². The zero-order valence-corrected chi connectivity index (χ0v) is 18.0. The molecule has 0 bridgehead atoms. The number of hydrogen-bond donors (Lipinski definition) is 2. The molecule has 4 rings (SSSR count). The molecule has 2 aliphatic rings. The third kappa shape index (κ3) is 4.26. The number of benzene rings is 2. The quantitative estimate of drug-likeness (QED) is 0.721. The smallest absolute Gasteiger partial charge is 0.261 e. The highest BCUT2D eigenvalue weighted by atomic mass is 16.3. The third-order valence-corrected chi connectivity index (χ3v) is 6.23. The van der Waals surface area contributed by atoms with Crippen LogP contribution in [0.4, 0.5) is 0 Å². The molecule has 6 heteroatoms. The molecule has 31 heavy (non-hydrogen) atoms. The maximum absolute atomic E-state index is 12.9. The molecule has 2 aromatic rings. The van der Waals surface area contributed by atoms with Crippen LogP contribution in [-0.2, 0) is 12.1 Å². The first-order valence-electron chi connectivity index (χ1n) is 10.9. The van der Waals surface area contributed by atoms with E-state index >= 15 is 0 Å². The van der Waals surface area contributed by atoms with Gasteiger partial charge in [0.1, 0.15) is 0 Å². The summed E-state index contributed by atoms with van der Waals surface area (Å²) in [6.45, 7) is 3.77. The second-order valence-corrected chi connectivity index (χ2v) is 8.97. The van der Waals surface area contributed by atoms with Crippen LogP contribution in [0, 0.1) is 0 Å². The van der Waals surface area contributed by atoms with Crippen LogP contribution in [0.2, 0.25) is 0 Å². The largest absolute Gasteiger partial charge is 0.386 e. The number of nitrogens with one attached hydrogen (secondary N) is 1. The number of amides is 3. The molecule has 1 heterocycles. The molecule has 6 nitrogen and oxygen atoms in total. The van der Waals surface area contributed by atoms with E-state index in [1.807, 2.05) is 24.3 Å². The Balaban J connectivity index is 1.45.